The van der Waals surface area contributed by atoms with Crippen LogP contribution in [0.5, 0.6) is 0 Å². The molecule has 0 radical (unpaired) electrons. The molecule has 0 bridgehead atoms. The second-order valence-electron chi connectivity index (χ2n) is 4.19. The fourth-order valence-corrected chi connectivity index (χ4v) is 1.74. The van der Waals surface area contributed by atoms with Gasteiger partial charge in [-0.2, -0.15) is 5.26 Å². The third-order valence-electron chi connectivity index (χ3n) is 2.70. The zero-order chi connectivity index (χ0) is 13.7. The number of nitrogens with zero attached hydrogens (tertiary/aromatic N) is 1. The molecule has 3 nitrogen and oxygen atoms in total. The summed E-state index contributed by atoms with van der Waals surface area (Å²) in [6.45, 7) is 1.90. The fraction of sp³-hybridized carbons (Fsp3) is 0.125. The van der Waals surface area contributed by atoms with E-state index in [-0.39, 0.29) is 0 Å². The Labute approximate surface area is 112 Å². The lowest BCUT2D eigenvalue weighted by atomic mass is 10.1. The number of carbonyl (C=O) groups is 1. The van der Waals surface area contributed by atoms with Crippen LogP contribution in [0.3, 0.4) is 0 Å². The Bertz CT molecular complexity index is 614. The summed E-state index contributed by atoms with van der Waals surface area (Å²) in [5.74, 6) is -0.487. The summed E-state index contributed by atoms with van der Waals surface area (Å²) in [6, 6.07) is 18.1. The minimum absolute atomic E-state index is 0.455. The molecule has 0 aliphatic heterocycles. The smallest absolute Gasteiger partial charge is 0.339 e. The molecule has 2 rings (SSSR count). The third kappa shape index (κ3) is 3.20. The Hall–Kier alpha value is -2.60. The molecular formula is C16H13NO2. The van der Waals surface area contributed by atoms with Gasteiger partial charge in [-0.1, -0.05) is 48.0 Å². The summed E-state index contributed by atoms with van der Waals surface area (Å²) in [5, 5.41) is 9.10. The number of hydrogen-bond donors (Lipinski definition) is 0. The lowest BCUT2D eigenvalue weighted by Crippen LogP contribution is -2.10. The third-order valence-corrected chi connectivity index (χ3v) is 2.70. The predicted octanol–water partition coefficient (Wildman–Crippen LogP) is 3.42. The van der Waals surface area contributed by atoms with Gasteiger partial charge in [0.2, 0.25) is 6.10 Å². The number of rotatable bonds is 3. The first-order valence-corrected chi connectivity index (χ1v) is 5.93. The number of esters is 1. The molecule has 3 heteroatoms. The van der Waals surface area contributed by atoms with Crippen molar-refractivity contribution in [2.45, 2.75) is 13.0 Å². The van der Waals surface area contributed by atoms with E-state index in [4.69, 9.17) is 10.00 Å². The quantitative estimate of drug-likeness (QED) is 0.785. The van der Waals surface area contributed by atoms with Crippen LogP contribution in [-0.4, -0.2) is 5.97 Å². The van der Waals surface area contributed by atoms with Gasteiger partial charge in [-0.05, 0) is 19.1 Å². The van der Waals surface area contributed by atoms with Crippen LogP contribution in [0.15, 0.2) is 54.6 Å². The van der Waals surface area contributed by atoms with Crippen LogP contribution in [0, 0.1) is 18.3 Å². The molecule has 0 heterocycles. The summed E-state index contributed by atoms with van der Waals surface area (Å²) >= 11 is 0. The fourth-order valence-electron chi connectivity index (χ4n) is 1.74. The molecule has 0 spiro atoms. The molecule has 0 N–H and O–H groups in total. The van der Waals surface area contributed by atoms with Gasteiger partial charge in [-0.25, -0.2) is 4.79 Å². The van der Waals surface area contributed by atoms with Crippen LogP contribution >= 0.6 is 0 Å². The normalized spacial score (nSPS) is 11.4. The number of aryl methyl sites for hydroxylation is 1. The van der Waals surface area contributed by atoms with E-state index in [0.717, 1.165) is 5.56 Å². The largest absolute Gasteiger partial charge is 0.438 e. The average molecular weight is 251 g/mol. The van der Waals surface area contributed by atoms with Crippen LogP contribution < -0.4 is 0 Å². The molecule has 0 saturated carbocycles. The summed E-state index contributed by atoms with van der Waals surface area (Å²) in [7, 11) is 0. The standard InChI is InChI=1S/C16H13NO2/c1-12-6-5-9-14(10-12)16(18)19-15(11-17)13-7-3-2-4-8-13/h2-10,15H,1H3. The maximum absolute atomic E-state index is 12.0. The average Bonchev–Trinajstić information content (AvgIpc) is 2.45. The van der Waals surface area contributed by atoms with Crippen molar-refractivity contribution in [1.82, 2.24) is 0 Å². The van der Waals surface area contributed by atoms with Crippen molar-refractivity contribution in [2.24, 2.45) is 0 Å². The van der Waals surface area contributed by atoms with E-state index < -0.39 is 12.1 Å². The molecule has 0 amide bonds. The topological polar surface area (TPSA) is 50.1 Å². The highest BCUT2D eigenvalue weighted by Gasteiger charge is 2.17. The first kappa shape index (κ1) is 12.8. The van der Waals surface area contributed by atoms with Crippen molar-refractivity contribution in [3.05, 3.63) is 71.3 Å². The van der Waals surface area contributed by atoms with Crippen molar-refractivity contribution in [3.63, 3.8) is 0 Å². The Morgan fingerprint density at radius 1 is 1.16 bits per heavy atom. The zero-order valence-corrected chi connectivity index (χ0v) is 10.5. The van der Waals surface area contributed by atoms with Gasteiger partial charge in [0.15, 0.2) is 0 Å². The van der Waals surface area contributed by atoms with E-state index in [0.29, 0.717) is 11.1 Å². The SMILES string of the molecule is Cc1cccc(C(=O)OC(C#N)c2ccccc2)c1. The van der Waals surface area contributed by atoms with E-state index in [9.17, 15) is 4.79 Å². The van der Waals surface area contributed by atoms with E-state index in [1.54, 1.807) is 42.5 Å². The van der Waals surface area contributed by atoms with Gasteiger partial charge in [0, 0.05) is 5.56 Å². The van der Waals surface area contributed by atoms with Crippen molar-refractivity contribution in [2.75, 3.05) is 0 Å². The summed E-state index contributed by atoms with van der Waals surface area (Å²) in [4.78, 5) is 12.0. The van der Waals surface area contributed by atoms with Crippen molar-refractivity contribution in [3.8, 4) is 6.07 Å². The highest BCUT2D eigenvalue weighted by atomic mass is 16.5. The van der Waals surface area contributed by atoms with E-state index in [1.165, 1.54) is 0 Å². The van der Waals surface area contributed by atoms with Crippen LogP contribution in [0.2, 0.25) is 0 Å². The summed E-state index contributed by atoms with van der Waals surface area (Å²) < 4.78 is 5.23. The number of carbonyl (C=O) groups excluding carboxylic acids is 1. The molecule has 0 aliphatic rings. The zero-order valence-electron chi connectivity index (χ0n) is 10.5. The lowest BCUT2D eigenvalue weighted by Gasteiger charge is -2.11. The highest BCUT2D eigenvalue weighted by Crippen LogP contribution is 2.18. The van der Waals surface area contributed by atoms with Crippen molar-refractivity contribution >= 4 is 5.97 Å². The molecule has 0 fully saturated rings. The molecule has 94 valence electrons. The van der Waals surface area contributed by atoms with E-state index in [1.807, 2.05) is 25.1 Å². The Morgan fingerprint density at radius 2 is 1.89 bits per heavy atom. The minimum Gasteiger partial charge on any atom is -0.438 e. The second kappa shape index (κ2) is 5.83. The molecule has 1 unspecified atom stereocenters. The monoisotopic (exact) mass is 251 g/mol. The van der Waals surface area contributed by atoms with Crippen molar-refractivity contribution < 1.29 is 9.53 Å². The van der Waals surface area contributed by atoms with Gasteiger partial charge in [-0.15, -0.1) is 0 Å². The Balaban J connectivity index is 2.16. The summed E-state index contributed by atoms with van der Waals surface area (Å²) in [6.07, 6.45) is -0.880. The Kier molecular flexibility index (Phi) is 3.94. The maximum atomic E-state index is 12.0. The van der Waals surface area contributed by atoms with Crippen molar-refractivity contribution in [1.29, 1.82) is 5.26 Å². The molecule has 0 aliphatic carbocycles. The van der Waals surface area contributed by atoms with Crippen LogP contribution in [0.1, 0.15) is 27.6 Å². The molecule has 0 aromatic heterocycles. The van der Waals surface area contributed by atoms with Gasteiger partial charge in [0.05, 0.1) is 5.56 Å². The first-order valence-electron chi connectivity index (χ1n) is 5.93. The van der Waals surface area contributed by atoms with Gasteiger partial charge < -0.3 is 4.74 Å². The molecule has 1 atom stereocenters. The molecule has 2 aromatic carbocycles. The van der Waals surface area contributed by atoms with Gasteiger partial charge in [0.25, 0.3) is 0 Å². The highest BCUT2D eigenvalue weighted by molar-refractivity contribution is 5.89. The van der Waals surface area contributed by atoms with Gasteiger partial charge in [0.1, 0.15) is 6.07 Å². The number of nitriles is 1. The molecule has 2 aromatic rings. The second-order valence-corrected chi connectivity index (χ2v) is 4.19. The van der Waals surface area contributed by atoms with Gasteiger partial charge in [-0.3, -0.25) is 0 Å². The molecule has 19 heavy (non-hydrogen) atoms. The van der Waals surface area contributed by atoms with E-state index in [2.05, 4.69) is 0 Å². The molecular weight excluding hydrogens is 238 g/mol. The maximum Gasteiger partial charge on any atom is 0.339 e. The van der Waals surface area contributed by atoms with Crippen LogP contribution in [0.4, 0.5) is 0 Å². The van der Waals surface area contributed by atoms with Crippen LogP contribution in [-0.2, 0) is 4.74 Å². The lowest BCUT2D eigenvalue weighted by molar-refractivity contribution is 0.0404. The Morgan fingerprint density at radius 3 is 2.53 bits per heavy atom. The number of benzene rings is 2. The predicted molar refractivity (Wildman–Crippen MR) is 71.4 cm³/mol. The number of hydrogen-bond acceptors (Lipinski definition) is 3. The molecule has 0 saturated heterocycles. The minimum atomic E-state index is -0.880. The summed E-state index contributed by atoms with van der Waals surface area (Å²) in [5.41, 5.74) is 2.10. The van der Waals surface area contributed by atoms with E-state index >= 15 is 0 Å². The van der Waals surface area contributed by atoms with Crippen LogP contribution in [0.25, 0.3) is 0 Å². The van der Waals surface area contributed by atoms with Gasteiger partial charge >= 0.3 is 5.97 Å². The first-order chi connectivity index (χ1) is 9.20. The number of ether oxygens (including phenoxy) is 1.